The minimum absolute atomic E-state index is 0.0323. The summed E-state index contributed by atoms with van der Waals surface area (Å²) in [5.74, 6) is -0.226. The van der Waals surface area contributed by atoms with Crippen LogP contribution in [0.15, 0.2) is 11.6 Å². The minimum atomic E-state index is -0.322. The van der Waals surface area contributed by atoms with E-state index in [1.54, 1.807) is 7.11 Å². The summed E-state index contributed by atoms with van der Waals surface area (Å²) >= 11 is 0. The van der Waals surface area contributed by atoms with Crippen LogP contribution in [0.2, 0.25) is 0 Å². The van der Waals surface area contributed by atoms with Crippen molar-refractivity contribution in [1.82, 2.24) is 5.32 Å². The number of epoxide rings is 2. The molecular formula is C26H44N2O6. The quantitative estimate of drug-likeness (QED) is 0.170. The average molecular weight is 481 g/mol. The molecule has 1 aliphatic carbocycles. The molecule has 194 valence electrons. The highest BCUT2D eigenvalue weighted by Gasteiger charge is 2.72. The molecule has 0 aromatic rings. The van der Waals surface area contributed by atoms with Crippen LogP contribution in [0.3, 0.4) is 0 Å². The number of allylic oxidation sites excluding steroid dienone is 1. The van der Waals surface area contributed by atoms with Crippen molar-refractivity contribution in [2.45, 2.75) is 108 Å². The lowest BCUT2D eigenvalue weighted by atomic mass is 9.68. The van der Waals surface area contributed by atoms with Crippen molar-refractivity contribution in [3.8, 4) is 0 Å². The number of nitrogens with one attached hydrogen (secondary N) is 1. The van der Waals surface area contributed by atoms with E-state index in [9.17, 15) is 9.59 Å². The molecule has 3 fully saturated rings. The lowest BCUT2D eigenvalue weighted by Crippen LogP contribution is -2.55. The second-order valence-corrected chi connectivity index (χ2v) is 10.5. The highest BCUT2D eigenvalue weighted by Crippen LogP contribution is 2.59. The number of carbonyl (C=O) groups is 2. The van der Waals surface area contributed by atoms with Crippen molar-refractivity contribution < 1.29 is 28.5 Å². The van der Waals surface area contributed by atoms with Gasteiger partial charge >= 0.3 is 5.97 Å². The standard InChI is InChI=1S/C26H44N2O6/c1-18(2)11-12-20-25(3,34-20)24-23(31-4)19(13-14-26(24)17-32-26)33-22(30)10-8-6-5-7-9-15-28-21(29)16-27/h11,19-20,23-24H,5-10,12-17,27H2,1-4H3,(H,28,29)/t19?,20-,23?,24?,25?,26+/m1/s1. The number of methoxy groups -OCH3 is 1. The topological polar surface area (TPSA) is 116 Å². The van der Waals surface area contributed by atoms with Crippen LogP contribution in [0.4, 0.5) is 0 Å². The maximum Gasteiger partial charge on any atom is 0.306 e. The van der Waals surface area contributed by atoms with Gasteiger partial charge in [-0.1, -0.05) is 30.9 Å². The Hall–Kier alpha value is -1.48. The highest BCUT2D eigenvalue weighted by atomic mass is 16.6. The Balaban J connectivity index is 1.43. The second kappa shape index (κ2) is 12.0. The zero-order chi connectivity index (χ0) is 24.8. The van der Waals surface area contributed by atoms with Gasteiger partial charge in [-0.2, -0.15) is 0 Å². The van der Waals surface area contributed by atoms with Crippen LogP contribution >= 0.6 is 0 Å². The summed E-state index contributed by atoms with van der Waals surface area (Å²) in [5.41, 5.74) is 6.02. The molecule has 1 spiro atoms. The molecule has 4 unspecified atom stereocenters. The molecule has 0 radical (unpaired) electrons. The van der Waals surface area contributed by atoms with Crippen LogP contribution < -0.4 is 11.1 Å². The van der Waals surface area contributed by atoms with E-state index < -0.39 is 0 Å². The van der Waals surface area contributed by atoms with E-state index >= 15 is 0 Å². The molecule has 2 saturated heterocycles. The fourth-order valence-electron chi connectivity index (χ4n) is 5.52. The van der Waals surface area contributed by atoms with Crippen molar-refractivity contribution in [2.24, 2.45) is 11.7 Å². The van der Waals surface area contributed by atoms with Gasteiger partial charge in [0.05, 0.1) is 25.2 Å². The normalized spacial score (nSPS) is 33.9. The first kappa shape index (κ1) is 27.1. The first-order chi connectivity index (χ1) is 16.3. The van der Waals surface area contributed by atoms with Crippen molar-refractivity contribution in [3.63, 3.8) is 0 Å². The van der Waals surface area contributed by atoms with E-state index in [2.05, 4.69) is 32.2 Å². The van der Waals surface area contributed by atoms with E-state index in [-0.39, 0.29) is 53.9 Å². The smallest absolute Gasteiger partial charge is 0.306 e. The van der Waals surface area contributed by atoms with Gasteiger partial charge in [0.25, 0.3) is 0 Å². The summed E-state index contributed by atoms with van der Waals surface area (Å²) < 4.78 is 24.1. The van der Waals surface area contributed by atoms with Gasteiger partial charge in [-0.15, -0.1) is 0 Å². The Bertz CT molecular complexity index is 733. The van der Waals surface area contributed by atoms with Gasteiger partial charge in [0, 0.05) is 20.1 Å². The molecule has 3 N–H and O–H groups in total. The number of esters is 1. The SMILES string of the molecule is COC1C(OC(=O)CCCCCCCNC(=O)CN)CC[C@]2(CO2)C1C1(C)O[C@@H]1CC=C(C)C. The van der Waals surface area contributed by atoms with Crippen LogP contribution in [0.5, 0.6) is 0 Å². The molecule has 2 heterocycles. The number of hydrogen-bond donors (Lipinski definition) is 2. The molecule has 1 amide bonds. The lowest BCUT2D eigenvalue weighted by molar-refractivity contribution is -0.172. The molecule has 1 saturated carbocycles. The predicted octanol–water partition coefficient (Wildman–Crippen LogP) is 3.02. The molecule has 6 atom stereocenters. The predicted molar refractivity (Wildman–Crippen MR) is 129 cm³/mol. The summed E-state index contributed by atoms with van der Waals surface area (Å²) in [6, 6.07) is 0. The summed E-state index contributed by atoms with van der Waals surface area (Å²) in [4.78, 5) is 23.7. The van der Waals surface area contributed by atoms with Gasteiger partial charge in [-0.25, -0.2) is 0 Å². The highest BCUT2D eigenvalue weighted by molar-refractivity contribution is 5.77. The van der Waals surface area contributed by atoms with E-state index in [0.717, 1.165) is 58.0 Å². The van der Waals surface area contributed by atoms with Crippen molar-refractivity contribution in [2.75, 3.05) is 26.8 Å². The number of nitrogens with two attached hydrogens (primary N) is 1. The van der Waals surface area contributed by atoms with Crippen LogP contribution in [0.1, 0.15) is 78.6 Å². The Kier molecular flexibility index (Phi) is 9.55. The molecule has 3 aliphatic rings. The Morgan fingerprint density at radius 2 is 1.88 bits per heavy atom. The fraction of sp³-hybridized carbons (Fsp3) is 0.846. The maximum absolute atomic E-state index is 12.6. The van der Waals surface area contributed by atoms with Crippen LogP contribution in [-0.4, -0.2) is 68.2 Å². The molecular weight excluding hydrogens is 436 g/mol. The minimum Gasteiger partial charge on any atom is -0.460 e. The summed E-state index contributed by atoms with van der Waals surface area (Å²) in [5, 5.41) is 2.77. The van der Waals surface area contributed by atoms with Gasteiger partial charge in [0.15, 0.2) is 0 Å². The van der Waals surface area contributed by atoms with E-state index in [0.29, 0.717) is 13.0 Å². The third-order valence-corrected chi connectivity index (χ3v) is 7.59. The Morgan fingerprint density at radius 3 is 2.53 bits per heavy atom. The van der Waals surface area contributed by atoms with Gasteiger partial charge in [-0.05, 0) is 52.9 Å². The van der Waals surface area contributed by atoms with E-state index in [4.69, 9.17) is 24.7 Å². The van der Waals surface area contributed by atoms with Crippen LogP contribution in [0, 0.1) is 5.92 Å². The molecule has 8 heteroatoms. The van der Waals surface area contributed by atoms with Crippen LogP contribution in [-0.2, 0) is 28.5 Å². The monoisotopic (exact) mass is 480 g/mol. The zero-order valence-electron chi connectivity index (χ0n) is 21.4. The molecule has 8 nitrogen and oxygen atoms in total. The lowest BCUT2D eigenvalue weighted by Gasteiger charge is -2.42. The van der Waals surface area contributed by atoms with Crippen molar-refractivity contribution >= 4 is 11.9 Å². The molecule has 34 heavy (non-hydrogen) atoms. The van der Waals surface area contributed by atoms with Gasteiger partial charge < -0.3 is 30.0 Å². The molecule has 0 aromatic carbocycles. The summed E-state index contributed by atoms with van der Waals surface area (Å²) in [6.07, 6.45) is 9.52. The van der Waals surface area contributed by atoms with Gasteiger partial charge in [-0.3, -0.25) is 9.59 Å². The number of ether oxygens (including phenoxy) is 4. The number of amides is 1. The number of hydrogen-bond acceptors (Lipinski definition) is 7. The Morgan fingerprint density at radius 1 is 1.18 bits per heavy atom. The first-order valence-corrected chi connectivity index (χ1v) is 12.9. The van der Waals surface area contributed by atoms with Gasteiger partial charge in [0.2, 0.25) is 5.91 Å². The maximum atomic E-state index is 12.6. The molecule has 0 aromatic heterocycles. The third-order valence-electron chi connectivity index (χ3n) is 7.59. The third kappa shape index (κ3) is 6.80. The number of rotatable bonds is 14. The van der Waals surface area contributed by atoms with Gasteiger partial charge in [0.1, 0.15) is 23.4 Å². The molecule has 0 bridgehead atoms. The second-order valence-electron chi connectivity index (χ2n) is 10.5. The average Bonchev–Trinajstić information content (AvgIpc) is 3.72. The number of unbranched alkanes of at least 4 members (excludes halogenated alkanes) is 4. The molecule has 3 rings (SSSR count). The summed E-state index contributed by atoms with van der Waals surface area (Å²) in [6.45, 7) is 7.77. The van der Waals surface area contributed by atoms with E-state index in [1.165, 1.54) is 5.57 Å². The summed E-state index contributed by atoms with van der Waals surface area (Å²) in [7, 11) is 1.70. The fourth-order valence-corrected chi connectivity index (χ4v) is 5.52. The van der Waals surface area contributed by atoms with Crippen molar-refractivity contribution in [1.29, 1.82) is 0 Å². The van der Waals surface area contributed by atoms with Crippen LogP contribution in [0.25, 0.3) is 0 Å². The zero-order valence-corrected chi connectivity index (χ0v) is 21.4. The first-order valence-electron chi connectivity index (χ1n) is 12.9. The Labute approximate surface area is 204 Å². The molecule has 2 aliphatic heterocycles. The van der Waals surface area contributed by atoms with Crippen molar-refractivity contribution in [3.05, 3.63) is 11.6 Å². The van der Waals surface area contributed by atoms with E-state index in [1.807, 2.05) is 0 Å². The number of carbonyl (C=O) groups excluding carboxylic acids is 2. The largest absolute Gasteiger partial charge is 0.460 e.